The number of nitrogens with one attached hydrogen (secondary N) is 1. The quantitative estimate of drug-likeness (QED) is 0.658. The van der Waals surface area contributed by atoms with Crippen LogP contribution in [0.2, 0.25) is 0 Å². The summed E-state index contributed by atoms with van der Waals surface area (Å²) in [5.74, 6) is -4.28. The van der Waals surface area contributed by atoms with Crippen LogP contribution in [-0.2, 0) is 6.42 Å². The molecule has 0 fully saturated rings. The van der Waals surface area contributed by atoms with E-state index >= 15 is 0 Å². The van der Waals surface area contributed by atoms with E-state index in [1.807, 2.05) is 4.98 Å². The molecule has 2 heterocycles. The largest absolute Gasteiger partial charge is 0.493 e. The normalized spacial score (nSPS) is 13.0. The summed E-state index contributed by atoms with van der Waals surface area (Å²) < 4.78 is 19.5. The second-order valence-electron chi connectivity index (χ2n) is 5.50. The van der Waals surface area contributed by atoms with Gasteiger partial charge >= 0.3 is 11.9 Å². The molecule has 0 spiro atoms. The molecule has 0 atom stereocenters. The van der Waals surface area contributed by atoms with E-state index in [2.05, 4.69) is 0 Å². The Balaban J connectivity index is 2.49. The van der Waals surface area contributed by atoms with Gasteiger partial charge in [-0.1, -0.05) is 0 Å². The fourth-order valence-electron chi connectivity index (χ4n) is 2.94. The van der Waals surface area contributed by atoms with Crippen molar-refractivity contribution in [3.63, 3.8) is 0 Å². The molecule has 1 aliphatic heterocycles. The van der Waals surface area contributed by atoms with Crippen LogP contribution in [0.5, 0.6) is 5.75 Å². The Kier molecular flexibility index (Phi) is 3.91. The number of anilines is 1. The lowest BCUT2D eigenvalue weighted by atomic mass is 9.91. The number of H-pyrrole nitrogens is 1. The second-order valence-corrected chi connectivity index (χ2v) is 5.50. The molecule has 1 aromatic heterocycles. The average molecular weight is 348 g/mol. The number of benzene rings is 1. The van der Waals surface area contributed by atoms with Crippen LogP contribution in [0.15, 0.2) is 16.9 Å². The smallest absolute Gasteiger partial charge is 0.342 e. The van der Waals surface area contributed by atoms with Crippen molar-refractivity contribution in [1.29, 1.82) is 0 Å². The third kappa shape index (κ3) is 2.69. The number of aromatic nitrogens is 1. The van der Waals surface area contributed by atoms with Gasteiger partial charge in [-0.3, -0.25) is 4.79 Å². The molecule has 0 aliphatic carbocycles. The van der Waals surface area contributed by atoms with Gasteiger partial charge in [0.1, 0.15) is 28.5 Å². The molecule has 9 heteroatoms. The Morgan fingerprint density at radius 2 is 1.88 bits per heavy atom. The number of aromatic carboxylic acids is 2. The van der Waals surface area contributed by atoms with Gasteiger partial charge in [0.25, 0.3) is 5.56 Å². The minimum absolute atomic E-state index is 0.123. The van der Waals surface area contributed by atoms with E-state index < -0.39 is 45.8 Å². The predicted molar refractivity (Wildman–Crippen MR) is 84.6 cm³/mol. The SMILES string of the molecule is Nc1[nH]c(=O)c(C(=O)O)c(-c2cc(F)cc3c2OCCC3)c1C(=O)O. The number of rotatable bonds is 3. The molecule has 2 aromatic rings. The first-order chi connectivity index (χ1) is 11.8. The van der Waals surface area contributed by atoms with Crippen LogP contribution in [0.25, 0.3) is 11.1 Å². The zero-order valence-corrected chi connectivity index (χ0v) is 12.8. The highest BCUT2D eigenvalue weighted by atomic mass is 19.1. The minimum atomic E-state index is -1.66. The first-order valence-electron chi connectivity index (χ1n) is 7.29. The van der Waals surface area contributed by atoms with E-state index in [1.54, 1.807) is 0 Å². The molecule has 0 amide bonds. The predicted octanol–water partition coefficient (Wildman–Crippen LogP) is 1.48. The standard InChI is InChI=1S/C16H13FN2O6/c17-7-4-6-2-1-3-25-12(6)8(5-7)9-10(15(21)22)13(18)19-14(20)11(9)16(23)24/h4-5H,1-3H2,(H,21,22)(H,23,24)(H3,18,19,20). The van der Waals surface area contributed by atoms with E-state index in [9.17, 15) is 29.0 Å². The Morgan fingerprint density at radius 1 is 1.20 bits per heavy atom. The van der Waals surface area contributed by atoms with Crippen LogP contribution in [0.4, 0.5) is 10.2 Å². The van der Waals surface area contributed by atoms with Crippen LogP contribution in [0, 0.1) is 5.82 Å². The van der Waals surface area contributed by atoms with E-state index in [1.165, 1.54) is 6.07 Å². The molecule has 0 unspecified atom stereocenters. The number of carbonyl (C=O) groups is 2. The summed E-state index contributed by atoms with van der Waals surface area (Å²) in [6, 6.07) is 2.17. The van der Waals surface area contributed by atoms with Crippen LogP contribution in [-0.4, -0.2) is 33.7 Å². The lowest BCUT2D eigenvalue weighted by molar-refractivity contribution is 0.0695. The summed E-state index contributed by atoms with van der Waals surface area (Å²) in [5.41, 5.74) is 2.90. The summed E-state index contributed by atoms with van der Waals surface area (Å²) in [7, 11) is 0. The zero-order valence-electron chi connectivity index (χ0n) is 12.8. The Morgan fingerprint density at radius 3 is 2.52 bits per heavy atom. The molecule has 25 heavy (non-hydrogen) atoms. The number of hydrogen-bond acceptors (Lipinski definition) is 5. The highest BCUT2D eigenvalue weighted by molar-refractivity contribution is 6.08. The number of carboxylic acids is 2. The molecule has 0 radical (unpaired) electrons. The van der Waals surface area contributed by atoms with Gasteiger partial charge in [-0.25, -0.2) is 14.0 Å². The van der Waals surface area contributed by atoms with Crippen molar-refractivity contribution in [2.24, 2.45) is 0 Å². The number of nitrogens with two attached hydrogens (primary N) is 1. The maximum atomic E-state index is 14.0. The van der Waals surface area contributed by atoms with Gasteiger partial charge in [0.15, 0.2) is 0 Å². The fourth-order valence-corrected chi connectivity index (χ4v) is 2.94. The molecule has 8 nitrogen and oxygen atoms in total. The van der Waals surface area contributed by atoms with Crippen molar-refractivity contribution in [2.45, 2.75) is 12.8 Å². The van der Waals surface area contributed by atoms with Crippen LogP contribution in [0.3, 0.4) is 0 Å². The summed E-state index contributed by atoms with van der Waals surface area (Å²) in [5, 5.41) is 18.8. The number of ether oxygens (including phenoxy) is 1. The Labute approximate surface area is 139 Å². The number of halogens is 1. The molecule has 1 aliphatic rings. The minimum Gasteiger partial charge on any atom is -0.493 e. The van der Waals surface area contributed by atoms with E-state index in [4.69, 9.17) is 10.5 Å². The van der Waals surface area contributed by atoms with Crippen LogP contribution >= 0.6 is 0 Å². The third-order valence-electron chi connectivity index (χ3n) is 3.91. The maximum Gasteiger partial charge on any atom is 0.342 e. The molecule has 0 bridgehead atoms. The number of fused-ring (bicyclic) bond motifs is 1. The highest BCUT2D eigenvalue weighted by Gasteiger charge is 2.30. The summed E-state index contributed by atoms with van der Waals surface area (Å²) >= 11 is 0. The number of hydrogen-bond donors (Lipinski definition) is 4. The molecule has 0 saturated heterocycles. The number of pyridine rings is 1. The summed E-state index contributed by atoms with van der Waals surface area (Å²) in [6.07, 6.45) is 1.11. The molecular formula is C16H13FN2O6. The summed E-state index contributed by atoms with van der Waals surface area (Å²) in [6.45, 7) is 0.301. The van der Waals surface area contributed by atoms with Gasteiger partial charge in [0.2, 0.25) is 0 Å². The van der Waals surface area contributed by atoms with Gasteiger partial charge in [0, 0.05) is 11.1 Å². The topological polar surface area (TPSA) is 143 Å². The number of carboxylic acid groups (broad SMARTS) is 2. The van der Waals surface area contributed by atoms with Crippen molar-refractivity contribution < 1.29 is 28.9 Å². The van der Waals surface area contributed by atoms with Gasteiger partial charge < -0.3 is 25.7 Å². The van der Waals surface area contributed by atoms with Crippen LogP contribution in [0.1, 0.15) is 32.7 Å². The number of aromatic amines is 1. The first kappa shape index (κ1) is 16.5. The van der Waals surface area contributed by atoms with E-state index in [0.717, 1.165) is 6.07 Å². The Hall–Kier alpha value is -3.36. The molecule has 5 N–H and O–H groups in total. The Bertz CT molecular complexity index is 966. The molecule has 130 valence electrons. The monoisotopic (exact) mass is 348 g/mol. The third-order valence-corrected chi connectivity index (χ3v) is 3.91. The second kappa shape index (κ2) is 5.93. The number of nitrogen functional groups attached to an aromatic ring is 1. The van der Waals surface area contributed by atoms with Crippen LogP contribution < -0.4 is 16.0 Å². The fraction of sp³-hybridized carbons (Fsp3) is 0.188. The van der Waals surface area contributed by atoms with Gasteiger partial charge in [-0.05, 0) is 30.5 Å². The van der Waals surface area contributed by atoms with Crippen molar-refractivity contribution in [1.82, 2.24) is 4.98 Å². The van der Waals surface area contributed by atoms with E-state index in [0.29, 0.717) is 25.0 Å². The molecule has 0 saturated carbocycles. The van der Waals surface area contributed by atoms with Crippen molar-refractivity contribution >= 4 is 17.8 Å². The molecule has 1 aromatic carbocycles. The first-order valence-corrected chi connectivity index (χ1v) is 7.29. The van der Waals surface area contributed by atoms with Crippen molar-refractivity contribution in [2.75, 3.05) is 12.3 Å². The summed E-state index contributed by atoms with van der Waals surface area (Å²) in [4.78, 5) is 37.3. The van der Waals surface area contributed by atoms with Gasteiger partial charge in [-0.15, -0.1) is 0 Å². The van der Waals surface area contributed by atoms with Crippen molar-refractivity contribution in [3.05, 3.63) is 45.0 Å². The molecular weight excluding hydrogens is 335 g/mol. The van der Waals surface area contributed by atoms with E-state index in [-0.39, 0.29) is 11.3 Å². The highest BCUT2D eigenvalue weighted by Crippen LogP contribution is 2.40. The number of aryl methyl sites for hydroxylation is 1. The maximum absolute atomic E-state index is 14.0. The average Bonchev–Trinajstić information content (AvgIpc) is 2.52. The van der Waals surface area contributed by atoms with Crippen molar-refractivity contribution in [3.8, 4) is 16.9 Å². The molecule has 3 rings (SSSR count). The lowest BCUT2D eigenvalue weighted by Gasteiger charge is -2.22. The zero-order chi connectivity index (χ0) is 18.3. The van der Waals surface area contributed by atoms with Gasteiger partial charge in [0.05, 0.1) is 6.61 Å². The lowest BCUT2D eigenvalue weighted by Crippen LogP contribution is -2.24. The van der Waals surface area contributed by atoms with Gasteiger partial charge in [-0.2, -0.15) is 0 Å².